The molecular formula is C11H14IN. The molecular weight excluding hydrogens is 273 g/mol. The number of hydrogen-bond acceptors (Lipinski definition) is 1. The van der Waals surface area contributed by atoms with Gasteiger partial charge >= 0.3 is 0 Å². The van der Waals surface area contributed by atoms with Crippen LogP contribution in [0.3, 0.4) is 0 Å². The topological polar surface area (TPSA) is 3.24 Å². The first-order chi connectivity index (χ1) is 7.09. The smallest absolute Gasteiger partial charge is 0.0431 e. The van der Waals surface area contributed by atoms with E-state index in [4.69, 9.17) is 2.74 Å². The van der Waals surface area contributed by atoms with E-state index in [1.165, 1.54) is 9.13 Å². The lowest BCUT2D eigenvalue weighted by Crippen LogP contribution is -2.18. The van der Waals surface area contributed by atoms with Crippen molar-refractivity contribution in [1.82, 2.24) is 4.90 Å². The molecule has 0 N–H and O–H groups in total. The van der Waals surface area contributed by atoms with Gasteiger partial charge in [0.1, 0.15) is 0 Å². The Balaban J connectivity index is 2.12. The van der Waals surface area contributed by atoms with E-state index in [0.717, 1.165) is 19.5 Å². The zero-order valence-electron chi connectivity index (χ0n) is 9.46. The molecule has 1 aromatic carbocycles. The van der Waals surface area contributed by atoms with Gasteiger partial charge in [0.25, 0.3) is 0 Å². The Morgan fingerprint density at radius 2 is 2.23 bits per heavy atom. The highest BCUT2D eigenvalue weighted by Crippen LogP contribution is 2.16. The third-order valence-electron chi connectivity index (χ3n) is 2.26. The van der Waals surface area contributed by atoms with E-state index >= 15 is 0 Å². The van der Waals surface area contributed by atoms with Gasteiger partial charge in [-0.3, -0.25) is 4.90 Å². The Bertz CT molecular complexity index is 354. The van der Waals surface area contributed by atoms with Crippen molar-refractivity contribution in [2.75, 3.05) is 13.0 Å². The molecule has 0 aliphatic carbocycles. The molecule has 1 aliphatic heterocycles. The lowest BCUT2D eigenvalue weighted by molar-refractivity contribution is 0.330. The van der Waals surface area contributed by atoms with E-state index in [1.807, 2.05) is 17.0 Å². The quantitative estimate of drug-likeness (QED) is 0.757. The monoisotopic (exact) mass is 289 g/mol. The zero-order chi connectivity index (χ0) is 10.9. The van der Waals surface area contributed by atoms with E-state index in [0.29, 0.717) is 6.42 Å². The van der Waals surface area contributed by atoms with Gasteiger partial charge in [0, 0.05) is 12.9 Å². The van der Waals surface area contributed by atoms with Gasteiger partial charge in [-0.15, -0.1) is 0 Å². The Hall–Kier alpha value is -0.0900. The van der Waals surface area contributed by atoms with Gasteiger partial charge in [-0.25, -0.2) is 0 Å². The third-order valence-corrected chi connectivity index (χ3v) is 3.31. The second kappa shape index (κ2) is 4.42. The molecule has 0 bridgehead atoms. The molecule has 1 saturated heterocycles. The summed E-state index contributed by atoms with van der Waals surface area (Å²) < 4.78 is 16.9. The molecule has 1 aromatic rings. The highest BCUT2D eigenvalue weighted by molar-refractivity contribution is 14.1. The largest absolute Gasteiger partial charge is 0.299 e. The summed E-state index contributed by atoms with van der Waals surface area (Å²) in [6.07, 6.45) is 1.63. The van der Waals surface area contributed by atoms with E-state index in [1.54, 1.807) is 0 Å². The van der Waals surface area contributed by atoms with Crippen molar-refractivity contribution in [3.63, 3.8) is 0 Å². The highest BCUT2D eigenvalue weighted by atomic mass is 127. The summed E-state index contributed by atoms with van der Waals surface area (Å²) in [4.78, 5) is 1.94. The molecule has 13 heavy (non-hydrogen) atoms. The van der Waals surface area contributed by atoms with Crippen LogP contribution in [0.15, 0.2) is 24.3 Å². The average molecular weight is 289 g/mol. The first-order valence-corrected chi connectivity index (χ1v) is 5.66. The van der Waals surface area contributed by atoms with Crippen LogP contribution in [-0.4, -0.2) is 17.9 Å². The standard InChI is InChI=1S/C11H14IN/c12-11-6-2-1-5-10(11)9-13-7-3-4-8-13/h1-2,5-6H,3-4,7-9H2/i7D2. The molecule has 0 atom stereocenters. The first kappa shape index (κ1) is 7.23. The summed E-state index contributed by atoms with van der Waals surface area (Å²) in [5.41, 5.74) is 1.23. The van der Waals surface area contributed by atoms with Crippen molar-refractivity contribution in [3.8, 4) is 0 Å². The van der Waals surface area contributed by atoms with Crippen molar-refractivity contribution in [2.24, 2.45) is 0 Å². The molecule has 0 unspecified atom stereocenters. The van der Waals surface area contributed by atoms with E-state index in [9.17, 15) is 0 Å². The minimum absolute atomic E-state index is 0.663. The SMILES string of the molecule is [2H]C1([2H])CCCN1Cc1ccccc1I. The highest BCUT2D eigenvalue weighted by Gasteiger charge is 2.12. The molecule has 1 aliphatic rings. The number of hydrogen-bond donors (Lipinski definition) is 0. The van der Waals surface area contributed by atoms with Gasteiger partial charge in [0.05, 0.1) is 0 Å². The molecule has 2 rings (SSSR count). The van der Waals surface area contributed by atoms with Crippen LogP contribution in [-0.2, 0) is 6.54 Å². The van der Waals surface area contributed by atoms with Crippen LogP contribution in [0, 0.1) is 3.57 Å². The third kappa shape index (κ3) is 2.44. The maximum atomic E-state index is 7.85. The lowest BCUT2D eigenvalue weighted by atomic mass is 10.2. The van der Waals surface area contributed by atoms with E-state index in [2.05, 4.69) is 34.7 Å². The van der Waals surface area contributed by atoms with Crippen LogP contribution in [0.1, 0.15) is 21.1 Å². The van der Waals surface area contributed by atoms with Crippen molar-refractivity contribution in [1.29, 1.82) is 0 Å². The average Bonchev–Trinajstić information content (AvgIpc) is 2.50. The number of benzene rings is 1. The van der Waals surface area contributed by atoms with E-state index < -0.39 is 6.50 Å². The fourth-order valence-electron chi connectivity index (χ4n) is 1.55. The van der Waals surface area contributed by atoms with Gasteiger partial charge in [-0.2, -0.15) is 0 Å². The number of rotatable bonds is 2. The van der Waals surface area contributed by atoms with Crippen LogP contribution < -0.4 is 0 Å². The molecule has 2 heteroatoms. The van der Waals surface area contributed by atoms with Gasteiger partial charge < -0.3 is 0 Å². The van der Waals surface area contributed by atoms with Crippen molar-refractivity contribution >= 4 is 22.6 Å². The number of nitrogens with zero attached hydrogens (tertiary/aromatic N) is 1. The molecule has 0 spiro atoms. The Kier molecular flexibility index (Phi) is 2.46. The second-order valence-electron chi connectivity index (χ2n) is 3.27. The van der Waals surface area contributed by atoms with Gasteiger partial charge in [0.15, 0.2) is 0 Å². The van der Waals surface area contributed by atoms with Crippen LogP contribution in [0.4, 0.5) is 0 Å². The van der Waals surface area contributed by atoms with E-state index in [-0.39, 0.29) is 0 Å². The fraction of sp³-hybridized carbons (Fsp3) is 0.455. The number of halogens is 1. The Morgan fingerprint density at radius 3 is 2.92 bits per heavy atom. The van der Waals surface area contributed by atoms with Crippen molar-refractivity contribution in [2.45, 2.75) is 19.4 Å². The maximum absolute atomic E-state index is 7.85. The summed E-state index contributed by atoms with van der Waals surface area (Å²) in [6, 6.07) is 8.19. The minimum atomic E-state index is -1.11. The molecule has 0 radical (unpaired) electrons. The summed E-state index contributed by atoms with van der Waals surface area (Å²) in [6.45, 7) is 0.489. The predicted molar refractivity (Wildman–Crippen MR) is 63.7 cm³/mol. The molecule has 0 amide bonds. The fourth-order valence-corrected chi connectivity index (χ4v) is 2.11. The summed E-state index contributed by atoms with van der Waals surface area (Å²) in [5.74, 6) is 0. The molecule has 0 saturated carbocycles. The maximum Gasteiger partial charge on any atom is 0.0431 e. The van der Waals surface area contributed by atoms with Crippen LogP contribution in [0.5, 0.6) is 0 Å². The van der Waals surface area contributed by atoms with Gasteiger partial charge in [-0.1, -0.05) is 18.2 Å². The molecule has 1 nitrogen and oxygen atoms in total. The number of likely N-dealkylation sites (tertiary alicyclic amines) is 1. The van der Waals surface area contributed by atoms with Crippen LogP contribution in [0.2, 0.25) is 0 Å². The van der Waals surface area contributed by atoms with Crippen LogP contribution in [0.25, 0.3) is 0 Å². The van der Waals surface area contributed by atoms with Crippen molar-refractivity contribution in [3.05, 3.63) is 33.4 Å². The van der Waals surface area contributed by atoms with Gasteiger partial charge in [0.2, 0.25) is 0 Å². The predicted octanol–water partition coefficient (Wildman–Crippen LogP) is 2.89. The molecule has 70 valence electrons. The first-order valence-electron chi connectivity index (χ1n) is 5.58. The molecule has 1 heterocycles. The Morgan fingerprint density at radius 1 is 1.38 bits per heavy atom. The summed E-state index contributed by atoms with van der Waals surface area (Å²) in [7, 11) is 0. The minimum Gasteiger partial charge on any atom is -0.299 e. The second-order valence-corrected chi connectivity index (χ2v) is 4.44. The summed E-state index contributed by atoms with van der Waals surface area (Å²) >= 11 is 2.31. The van der Waals surface area contributed by atoms with Crippen molar-refractivity contribution < 1.29 is 2.74 Å². The zero-order valence-corrected chi connectivity index (χ0v) is 9.62. The Labute approximate surface area is 96.1 Å². The molecule has 1 fully saturated rings. The normalized spacial score (nSPS) is 24.1. The molecule has 0 aromatic heterocycles. The van der Waals surface area contributed by atoms with Crippen LogP contribution >= 0.6 is 22.6 Å². The van der Waals surface area contributed by atoms with Gasteiger partial charge in [-0.05, 0) is 60.1 Å². The lowest BCUT2D eigenvalue weighted by Gasteiger charge is -2.15. The summed E-state index contributed by atoms with van der Waals surface area (Å²) in [5, 5.41) is 0.